The molecule has 6 heteroatoms. The maximum Gasteiger partial charge on any atom is 0.266 e. The van der Waals surface area contributed by atoms with E-state index in [1.165, 1.54) is 0 Å². The minimum Gasteiger partial charge on any atom is -0.394 e. The summed E-state index contributed by atoms with van der Waals surface area (Å²) in [6.07, 6.45) is 2.33. The molecule has 0 bridgehead atoms. The Balaban J connectivity index is 2.08. The Kier molecular flexibility index (Phi) is 2.64. The van der Waals surface area contributed by atoms with E-state index in [1.807, 2.05) is 0 Å². The van der Waals surface area contributed by atoms with Crippen molar-refractivity contribution in [2.75, 3.05) is 24.6 Å². The number of nitrogens with zero attached hydrogens (tertiary/aromatic N) is 3. The molecule has 0 radical (unpaired) electrons. The standard InChI is InChI=1S/C8H14N4O2/c9-6(5-13)7-10-8(11-14-7)12-3-1-2-4-12/h6,13H,1-5,9H2/t6-/m0/s1. The van der Waals surface area contributed by atoms with Crippen molar-refractivity contribution >= 4 is 5.95 Å². The van der Waals surface area contributed by atoms with Crippen molar-refractivity contribution in [3.05, 3.63) is 5.89 Å². The van der Waals surface area contributed by atoms with Gasteiger partial charge in [-0.3, -0.25) is 0 Å². The molecule has 0 unspecified atom stereocenters. The highest BCUT2D eigenvalue weighted by atomic mass is 16.5. The molecule has 78 valence electrons. The van der Waals surface area contributed by atoms with Crippen molar-refractivity contribution in [1.29, 1.82) is 0 Å². The monoisotopic (exact) mass is 198 g/mol. The van der Waals surface area contributed by atoms with Crippen LogP contribution in [0.3, 0.4) is 0 Å². The molecule has 0 aliphatic carbocycles. The lowest BCUT2D eigenvalue weighted by Crippen LogP contribution is -2.19. The Morgan fingerprint density at radius 2 is 2.21 bits per heavy atom. The van der Waals surface area contributed by atoms with Gasteiger partial charge in [0.1, 0.15) is 6.04 Å². The van der Waals surface area contributed by atoms with Gasteiger partial charge in [0.15, 0.2) is 0 Å². The molecular formula is C8H14N4O2. The van der Waals surface area contributed by atoms with E-state index < -0.39 is 6.04 Å². The number of aliphatic hydroxyl groups is 1. The van der Waals surface area contributed by atoms with Crippen LogP contribution in [0.25, 0.3) is 0 Å². The molecule has 1 aliphatic heterocycles. The van der Waals surface area contributed by atoms with Gasteiger partial charge in [0.25, 0.3) is 5.95 Å². The smallest absolute Gasteiger partial charge is 0.266 e. The Labute approximate surface area is 81.7 Å². The largest absolute Gasteiger partial charge is 0.394 e. The number of rotatable bonds is 3. The average molecular weight is 198 g/mol. The van der Waals surface area contributed by atoms with Gasteiger partial charge in [0.05, 0.1) is 6.61 Å². The van der Waals surface area contributed by atoms with Crippen LogP contribution in [0.5, 0.6) is 0 Å². The molecule has 1 aromatic heterocycles. The summed E-state index contributed by atoms with van der Waals surface area (Å²) in [5.74, 6) is 0.885. The Morgan fingerprint density at radius 3 is 2.86 bits per heavy atom. The van der Waals surface area contributed by atoms with Crippen LogP contribution in [-0.2, 0) is 0 Å². The van der Waals surface area contributed by atoms with E-state index in [2.05, 4.69) is 15.0 Å². The minimum atomic E-state index is -0.571. The molecule has 14 heavy (non-hydrogen) atoms. The number of nitrogens with two attached hydrogens (primary N) is 1. The summed E-state index contributed by atoms with van der Waals surface area (Å²) < 4.78 is 4.94. The van der Waals surface area contributed by atoms with Gasteiger partial charge in [-0.25, -0.2) is 0 Å². The summed E-state index contributed by atoms with van der Waals surface area (Å²) in [5.41, 5.74) is 5.54. The summed E-state index contributed by atoms with van der Waals surface area (Å²) in [6.45, 7) is 1.75. The highest BCUT2D eigenvalue weighted by molar-refractivity contribution is 5.29. The van der Waals surface area contributed by atoms with E-state index in [0.717, 1.165) is 25.9 Å². The topological polar surface area (TPSA) is 88.4 Å². The van der Waals surface area contributed by atoms with Gasteiger partial charge in [0.2, 0.25) is 5.89 Å². The van der Waals surface area contributed by atoms with Gasteiger partial charge in [-0.2, -0.15) is 4.98 Å². The molecule has 1 aliphatic rings. The third kappa shape index (κ3) is 1.71. The second kappa shape index (κ2) is 3.93. The van der Waals surface area contributed by atoms with E-state index in [4.69, 9.17) is 15.4 Å². The van der Waals surface area contributed by atoms with E-state index in [0.29, 0.717) is 11.8 Å². The molecule has 0 aromatic carbocycles. The Morgan fingerprint density at radius 1 is 1.50 bits per heavy atom. The molecule has 6 nitrogen and oxygen atoms in total. The lowest BCUT2D eigenvalue weighted by Gasteiger charge is -2.09. The van der Waals surface area contributed by atoms with Crippen molar-refractivity contribution in [1.82, 2.24) is 10.1 Å². The zero-order chi connectivity index (χ0) is 9.97. The van der Waals surface area contributed by atoms with E-state index in [9.17, 15) is 0 Å². The zero-order valence-corrected chi connectivity index (χ0v) is 7.89. The zero-order valence-electron chi connectivity index (χ0n) is 7.89. The molecule has 1 atom stereocenters. The second-order valence-corrected chi connectivity index (χ2v) is 3.42. The molecule has 0 saturated carbocycles. The van der Waals surface area contributed by atoms with Crippen molar-refractivity contribution in [2.24, 2.45) is 5.73 Å². The molecule has 3 N–H and O–H groups in total. The van der Waals surface area contributed by atoms with Gasteiger partial charge < -0.3 is 20.3 Å². The number of hydrogen-bond acceptors (Lipinski definition) is 6. The maximum absolute atomic E-state index is 8.80. The summed E-state index contributed by atoms with van der Waals surface area (Å²) in [4.78, 5) is 6.18. The van der Waals surface area contributed by atoms with Crippen LogP contribution in [0.1, 0.15) is 24.8 Å². The number of aliphatic hydroxyl groups excluding tert-OH is 1. The first kappa shape index (κ1) is 9.42. The normalized spacial score (nSPS) is 18.9. The van der Waals surface area contributed by atoms with Crippen LogP contribution in [0.2, 0.25) is 0 Å². The van der Waals surface area contributed by atoms with E-state index >= 15 is 0 Å². The quantitative estimate of drug-likeness (QED) is 0.691. The molecule has 0 spiro atoms. The highest BCUT2D eigenvalue weighted by Gasteiger charge is 2.20. The van der Waals surface area contributed by atoms with Crippen LogP contribution >= 0.6 is 0 Å². The Hall–Kier alpha value is -1.14. The van der Waals surface area contributed by atoms with Gasteiger partial charge in [-0.15, -0.1) is 0 Å². The van der Waals surface area contributed by atoms with Crippen LogP contribution in [0.4, 0.5) is 5.95 Å². The summed E-state index contributed by atoms with van der Waals surface area (Å²) >= 11 is 0. The molecular weight excluding hydrogens is 184 g/mol. The molecule has 1 saturated heterocycles. The number of hydrogen-bond donors (Lipinski definition) is 2. The maximum atomic E-state index is 8.80. The lowest BCUT2D eigenvalue weighted by molar-refractivity contribution is 0.237. The fourth-order valence-corrected chi connectivity index (χ4v) is 1.50. The van der Waals surface area contributed by atoms with Gasteiger partial charge in [-0.1, -0.05) is 0 Å². The van der Waals surface area contributed by atoms with Crippen LogP contribution in [-0.4, -0.2) is 34.9 Å². The third-order valence-electron chi connectivity index (χ3n) is 2.33. The first-order chi connectivity index (χ1) is 6.81. The summed E-state index contributed by atoms with van der Waals surface area (Å²) in [7, 11) is 0. The first-order valence-corrected chi connectivity index (χ1v) is 4.76. The summed E-state index contributed by atoms with van der Waals surface area (Å²) in [6, 6.07) is -0.571. The summed E-state index contributed by atoms with van der Waals surface area (Å²) in [5, 5.41) is 12.6. The molecule has 0 amide bonds. The van der Waals surface area contributed by atoms with Crippen LogP contribution in [0.15, 0.2) is 4.52 Å². The second-order valence-electron chi connectivity index (χ2n) is 3.42. The lowest BCUT2D eigenvalue weighted by atomic mass is 10.3. The predicted octanol–water partition coefficient (Wildman–Crippen LogP) is -0.338. The average Bonchev–Trinajstić information content (AvgIpc) is 2.86. The van der Waals surface area contributed by atoms with Gasteiger partial charge >= 0.3 is 0 Å². The van der Waals surface area contributed by atoms with Gasteiger partial charge in [-0.05, 0) is 18.0 Å². The highest BCUT2D eigenvalue weighted by Crippen LogP contribution is 2.17. The number of anilines is 1. The first-order valence-electron chi connectivity index (χ1n) is 4.76. The molecule has 2 rings (SSSR count). The Bertz CT molecular complexity index is 295. The van der Waals surface area contributed by atoms with Crippen LogP contribution < -0.4 is 10.6 Å². The fourth-order valence-electron chi connectivity index (χ4n) is 1.50. The van der Waals surface area contributed by atoms with Crippen molar-refractivity contribution in [3.63, 3.8) is 0 Å². The predicted molar refractivity (Wildman–Crippen MR) is 49.8 cm³/mol. The molecule has 1 aromatic rings. The van der Waals surface area contributed by atoms with Crippen LogP contribution in [0, 0.1) is 0 Å². The number of aromatic nitrogens is 2. The van der Waals surface area contributed by atoms with Crippen molar-refractivity contribution < 1.29 is 9.63 Å². The fraction of sp³-hybridized carbons (Fsp3) is 0.750. The van der Waals surface area contributed by atoms with Gasteiger partial charge in [0, 0.05) is 13.1 Å². The molecule has 1 fully saturated rings. The van der Waals surface area contributed by atoms with Crippen molar-refractivity contribution in [2.45, 2.75) is 18.9 Å². The van der Waals surface area contributed by atoms with Crippen molar-refractivity contribution in [3.8, 4) is 0 Å². The minimum absolute atomic E-state index is 0.179. The third-order valence-corrected chi connectivity index (χ3v) is 2.33. The molecule has 2 heterocycles. The SMILES string of the molecule is N[C@@H](CO)c1nc(N2CCCC2)no1. The van der Waals surface area contributed by atoms with E-state index in [1.54, 1.807) is 0 Å². The van der Waals surface area contributed by atoms with E-state index in [-0.39, 0.29) is 6.61 Å².